The van der Waals surface area contributed by atoms with E-state index in [0.717, 1.165) is 30.3 Å². The molecule has 3 aromatic rings. The zero-order chi connectivity index (χ0) is 31.2. The lowest BCUT2D eigenvalue weighted by Crippen LogP contribution is -2.34. The third-order valence-corrected chi connectivity index (χ3v) is 5.78. The van der Waals surface area contributed by atoms with Crippen LogP contribution in [-0.2, 0) is 17.5 Å². The molecule has 13 heteroatoms. The molecule has 0 aliphatic carbocycles. The fourth-order valence-electron chi connectivity index (χ4n) is 3.61. The summed E-state index contributed by atoms with van der Waals surface area (Å²) >= 11 is 0. The second-order valence-electron chi connectivity index (χ2n) is 10.3. The van der Waals surface area contributed by atoms with E-state index < -0.39 is 47.6 Å². The summed E-state index contributed by atoms with van der Waals surface area (Å²) in [6.07, 6.45) is -7.73. The van der Waals surface area contributed by atoms with Gasteiger partial charge in [0.2, 0.25) is 5.91 Å². The molecule has 0 unspecified atom stereocenters. The van der Waals surface area contributed by atoms with Gasteiger partial charge in [-0.25, -0.2) is 8.78 Å². The quantitative estimate of drug-likeness (QED) is 0.234. The van der Waals surface area contributed by atoms with Crippen LogP contribution in [0.25, 0.3) is 0 Å². The van der Waals surface area contributed by atoms with Crippen molar-refractivity contribution in [1.29, 1.82) is 0 Å². The minimum absolute atomic E-state index is 0.105. The van der Waals surface area contributed by atoms with E-state index >= 15 is 0 Å². The van der Waals surface area contributed by atoms with E-state index in [9.17, 15) is 36.3 Å². The third-order valence-electron chi connectivity index (χ3n) is 5.78. The number of anilines is 2. The molecule has 42 heavy (non-hydrogen) atoms. The first kappa shape index (κ1) is 32.1. The van der Waals surface area contributed by atoms with Crippen LogP contribution in [0.15, 0.2) is 60.7 Å². The van der Waals surface area contributed by atoms with Crippen molar-refractivity contribution in [3.63, 3.8) is 0 Å². The van der Waals surface area contributed by atoms with Crippen LogP contribution in [0.3, 0.4) is 0 Å². The number of benzene rings is 3. The number of nitrogens with one attached hydrogen (secondary N) is 3. The Kier molecular flexibility index (Phi) is 9.97. The van der Waals surface area contributed by atoms with E-state index in [2.05, 4.69) is 16.0 Å². The summed E-state index contributed by atoms with van der Waals surface area (Å²) in [5, 5.41) is 7.47. The van der Waals surface area contributed by atoms with E-state index in [1.54, 1.807) is 20.8 Å². The highest BCUT2D eigenvalue weighted by molar-refractivity contribution is 6.32. The molecule has 0 aromatic heterocycles. The summed E-state index contributed by atoms with van der Waals surface area (Å²) in [6, 6.07) is 12.3. The first-order chi connectivity index (χ1) is 19.5. The number of ether oxygens (including phenoxy) is 1. The van der Waals surface area contributed by atoms with Crippen LogP contribution < -0.4 is 26.2 Å². The molecular formula is C29H27BF5N3O4. The Morgan fingerprint density at radius 2 is 1.43 bits per heavy atom. The van der Waals surface area contributed by atoms with E-state index in [-0.39, 0.29) is 35.0 Å². The second-order valence-corrected chi connectivity index (χ2v) is 10.3. The van der Waals surface area contributed by atoms with Crippen LogP contribution in [0, 0.1) is 5.41 Å². The van der Waals surface area contributed by atoms with Crippen LogP contribution in [0.4, 0.5) is 33.3 Å². The fraction of sp³-hybridized carbons (Fsp3) is 0.276. The molecule has 2 radical (unpaired) electrons. The third kappa shape index (κ3) is 8.79. The molecule has 7 nitrogen and oxygen atoms in total. The molecule has 0 saturated heterocycles. The highest BCUT2D eigenvalue weighted by atomic mass is 19.4. The summed E-state index contributed by atoms with van der Waals surface area (Å²) in [7, 11) is 5.64. The molecule has 220 valence electrons. The van der Waals surface area contributed by atoms with E-state index in [1.807, 2.05) is 0 Å². The first-order valence-electron chi connectivity index (χ1n) is 12.6. The number of alkyl halides is 5. The molecule has 3 aromatic carbocycles. The van der Waals surface area contributed by atoms with Crippen molar-refractivity contribution in [2.45, 2.75) is 39.9 Å². The first-order valence-corrected chi connectivity index (χ1v) is 12.6. The van der Waals surface area contributed by atoms with E-state index in [4.69, 9.17) is 12.6 Å². The number of carbonyl (C=O) groups is 3. The standard InChI is InChI=1S/C29H27BF5N3O4/c1-28(2,3)27(41)36-14-16-4-10-22(29(33,34)35)20(12-16)25(39)38-19-9-11-23(42-15-24(31)32)21(13-19)26(40)37-18-7-5-17(30)6-8-18/h4-13,24H,14-15H2,1-3H3,(H,36,41)(H,37,40)(H,38,39). The van der Waals surface area contributed by atoms with Crippen LogP contribution >= 0.6 is 0 Å². The fourth-order valence-corrected chi connectivity index (χ4v) is 3.61. The number of hydrogen-bond donors (Lipinski definition) is 3. The average molecular weight is 587 g/mol. The minimum atomic E-state index is -4.88. The zero-order valence-corrected chi connectivity index (χ0v) is 22.9. The molecule has 0 aliphatic heterocycles. The second kappa shape index (κ2) is 13.0. The Balaban J connectivity index is 1.92. The van der Waals surface area contributed by atoms with Crippen molar-refractivity contribution in [2.75, 3.05) is 17.2 Å². The number of amides is 3. The predicted molar refractivity (Wildman–Crippen MR) is 148 cm³/mol. The summed E-state index contributed by atoms with van der Waals surface area (Å²) in [5.74, 6) is -2.54. The monoisotopic (exact) mass is 587 g/mol. The van der Waals surface area contributed by atoms with Gasteiger partial charge in [0.1, 0.15) is 20.2 Å². The smallest absolute Gasteiger partial charge is 0.417 e. The molecule has 0 atom stereocenters. The van der Waals surface area contributed by atoms with Gasteiger partial charge in [-0.05, 0) is 48.0 Å². The maximum absolute atomic E-state index is 13.8. The van der Waals surface area contributed by atoms with Crippen molar-refractivity contribution in [3.8, 4) is 5.75 Å². The lowest BCUT2D eigenvalue weighted by Gasteiger charge is -2.19. The molecular weight excluding hydrogens is 560 g/mol. The zero-order valence-electron chi connectivity index (χ0n) is 22.9. The van der Waals surface area contributed by atoms with Gasteiger partial charge in [0.25, 0.3) is 18.2 Å². The summed E-state index contributed by atoms with van der Waals surface area (Å²) in [5.41, 5.74) is -2.07. The summed E-state index contributed by atoms with van der Waals surface area (Å²) < 4.78 is 71.9. The van der Waals surface area contributed by atoms with Gasteiger partial charge in [-0.15, -0.1) is 0 Å². The Morgan fingerprint density at radius 1 is 0.833 bits per heavy atom. The molecule has 3 N–H and O–H groups in total. The van der Waals surface area contributed by atoms with E-state index in [0.29, 0.717) is 11.2 Å². The maximum Gasteiger partial charge on any atom is 0.417 e. The Morgan fingerprint density at radius 3 is 2.02 bits per heavy atom. The molecule has 0 fully saturated rings. The van der Waals surface area contributed by atoms with Crippen LogP contribution in [-0.4, -0.2) is 38.6 Å². The van der Waals surface area contributed by atoms with Crippen LogP contribution in [0.2, 0.25) is 0 Å². The molecule has 3 amide bonds. The average Bonchev–Trinajstić information content (AvgIpc) is 2.90. The number of carbonyl (C=O) groups excluding carboxylic acids is 3. The van der Waals surface area contributed by atoms with Gasteiger partial charge in [-0.2, -0.15) is 13.2 Å². The summed E-state index contributed by atoms with van der Waals surface area (Å²) in [4.78, 5) is 38.3. The molecule has 0 bridgehead atoms. The molecule has 0 aliphatic rings. The minimum Gasteiger partial charge on any atom is -0.487 e. The van der Waals surface area contributed by atoms with Gasteiger partial charge in [0, 0.05) is 23.3 Å². The van der Waals surface area contributed by atoms with Gasteiger partial charge in [0.05, 0.1) is 16.7 Å². The number of rotatable bonds is 9. The normalized spacial score (nSPS) is 11.6. The number of hydrogen-bond acceptors (Lipinski definition) is 4. The van der Waals surface area contributed by atoms with Crippen molar-refractivity contribution in [2.24, 2.45) is 5.41 Å². The van der Waals surface area contributed by atoms with Gasteiger partial charge < -0.3 is 20.7 Å². The van der Waals surface area contributed by atoms with Crippen LogP contribution in [0.5, 0.6) is 5.75 Å². The van der Waals surface area contributed by atoms with Gasteiger partial charge >= 0.3 is 6.18 Å². The van der Waals surface area contributed by atoms with Crippen molar-refractivity contribution < 1.29 is 41.1 Å². The Bertz CT molecular complexity index is 1460. The lowest BCUT2D eigenvalue weighted by molar-refractivity contribution is -0.138. The number of halogens is 5. The highest BCUT2D eigenvalue weighted by Gasteiger charge is 2.35. The SMILES string of the molecule is [B]c1ccc(NC(=O)c2cc(NC(=O)c3cc(CNC(=O)C(C)(C)C)ccc3C(F)(F)F)ccc2OCC(F)F)cc1. The van der Waals surface area contributed by atoms with Gasteiger partial charge in [0.15, 0.2) is 0 Å². The molecule has 0 heterocycles. The topological polar surface area (TPSA) is 96.5 Å². The highest BCUT2D eigenvalue weighted by Crippen LogP contribution is 2.33. The molecule has 0 spiro atoms. The van der Waals surface area contributed by atoms with Crippen molar-refractivity contribution in [3.05, 3.63) is 82.9 Å². The summed E-state index contributed by atoms with van der Waals surface area (Å²) in [6.45, 7) is 3.85. The van der Waals surface area contributed by atoms with Gasteiger partial charge in [-0.1, -0.05) is 44.4 Å². The van der Waals surface area contributed by atoms with Gasteiger partial charge in [-0.3, -0.25) is 14.4 Å². The van der Waals surface area contributed by atoms with Crippen molar-refractivity contribution >= 4 is 42.4 Å². The Labute approximate surface area is 240 Å². The molecule has 0 saturated carbocycles. The lowest BCUT2D eigenvalue weighted by atomic mass is 9.95. The molecule has 3 rings (SSSR count). The maximum atomic E-state index is 13.8. The van der Waals surface area contributed by atoms with Crippen LogP contribution in [0.1, 0.15) is 52.6 Å². The van der Waals surface area contributed by atoms with E-state index in [1.165, 1.54) is 30.3 Å². The predicted octanol–water partition coefficient (Wildman–Crippen LogP) is 5.31. The largest absolute Gasteiger partial charge is 0.487 e. The van der Waals surface area contributed by atoms with Crippen molar-refractivity contribution in [1.82, 2.24) is 5.32 Å². The Hall–Kier alpha value is -4.42.